The standard InChI is InChI=1S/C6H11NO3S/c8-3-5-7-2-1-4(11-5)6(9)10/h4-5,7-8H,1-3H2,(H,9,10). The van der Waals surface area contributed by atoms with Crippen LogP contribution in [-0.2, 0) is 4.79 Å². The summed E-state index contributed by atoms with van der Waals surface area (Å²) in [7, 11) is 0. The minimum atomic E-state index is -0.782. The molecule has 0 bridgehead atoms. The van der Waals surface area contributed by atoms with Crippen molar-refractivity contribution in [2.75, 3.05) is 13.2 Å². The van der Waals surface area contributed by atoms with Gasteiger partial charge >= 0.3 is 5.97 Å². The SMILES string of the molecule is O=C(O)C1CCNC(CO)S1. The molecule has 0 saturated carbocycles. The molecule has 2 unspecified atom stereocenters. The summed E-state index contributed by atoms with van der Waals surface area (Å²) in [5, 5.41) is 19.9. The number of aliphatic hydroxyl groups excluding tert-OH is 1. The molecule has 64 valence electrons. The van der Waals surface area contributed by atoms with Crippen LogP contribution in [0.2, 0.25) is 0 Å². The first-order chi connectivity index (χ1) is 5.24. The van der Waals surface area contributed by atoms with E-state index in [4.69, 9.17) is 10.2 Å². The monoisotopic (exact) mass is 177 g/mol. The number of thioether (sulfide) groups is 1. The number of aliphatic hydroxyl groups is 1. The summed E-state index contributed by atoms with van der Waals surface area (Å²) in [5.74, 6) is -0.782. The molecule has 1 saturated heterocycles. The van der Waals surface area contributed by atoms with Crippen molar-refractivity contribution in [1.82, 2.24) is 5.32 Å². The lowest BCUT2D eigenvalue weighted by Crippen LogP contribution is -2.40. The van der Waals surface area contributed by atoms with E-state index in [0.717, 1.165) is 0 Å². The molecule has 1 aliphatic heterocycles. The molecule has 2 atom stereocenters. The van der Waals surface area contributed by atoms with Crippen molar-refractivity contribution in [3.05, 3.63) is 0 Å². The van der Waals surface area contributed by atoms with Gasteiger partial charge in [-0.05, 0) is 13.0 Å². The molecule has 5 heteroatoms. The van der Waals surface area contributed by atoms with Crippen LogP contribution in [0.1, 0.15) is 6.42 Å². The minimum Gasteiger partial charge on any atom is -0.480 e. The zero-order valence-electron chi connectivity index (χ0n) is 5.99. The summed E-state index contributed by atoms with van der Waals surface area (Å²) < 4.78 is 0. The van der Waals surface area contributed by atoms with Gasteiger partial charge in [-0.2, -0.15) is 0 Å². The Labute approximate surface area is 69.0 Å². The first-order valence-electron chi connectivity index (χ1n) is 3.46. The van der Waals surface area contributed by atoms with Crippen molar-refractivity contribution in [3.8, 4) is 0 Å². The highest BCUT2D eigenvalue weighted by Crippen LogP contribution is 2.22. The fraction of sp³-hybridized carbons (Fsp3) is 0.833. The van der Waals surface area contributed by atoms with E-state index in [1.54, 1.807) is 0 Å². The van der Waals surface area contributed by atoms with Crippen LogP contribution in [0.3, 0.4) is 0 Å². The van der Waals surface area contributed by atoms with Crippen LogP contribution in [-0.4, -0.2) is 40.0 Å². The first-order valence-corrected chi connectivity index (χ1v) is 4.41. The third kappa shape index (κ3) is 2.36. The summed E-state index contributed by atoms with van der Waals surface area (Å²) in [5.41, 5.74) is 0. The number of aliphatic carboxylic acids is 1. The maximum absolute atomic E-state index is 10.5. The average Bonchev–Trinajstić information content (AvgIpc) is 2.05. The Morgan fingerprint density at radius 3 is 3.00 bits per heavy atom. The van der Waals surface area contributed by atoms with Gasteiger partial charge in [-0.3, -0.25) is 4.79 Å². The number of rotatable bonds is 2. The molecule has 0 aromatic carbocycles. The minimum absolute atomic E-state index is 0.00551. The molecule has 1 aliphatic rings. The molecule has 0 spiro atoms. The van der Waals surface area contributed by atoms with Gasteiger partial charge in [0.05, 0.1) is 12.0 Å². The molecule has 3 N–H and O–H groups in total. The molecule has 0 aliphatic carbocycles. The fourth-order valence-corrected chi connectivity index (χ4v) is 2.05. The van der Waals surface area contributed by atoms with E-state index < -0.39 is 5.97 Å². The highest BCUT2D eigenvalue weighted by Gasteiger charge is 2.26. The van der Waals surface area contributed by atoms with E-state index in [1.807, 2.05) is 0 Å². The molecule has 1 fully saturated rings. The highest BCUT2D eigenvalue weighted by molar-refractivity contribution is 8.01. The molecule has 0 aromatic heterocycles. The molecule has 1 heterocycles. The number of hydrogen-bond donors (Lipinski definition) is 3. The van der Waals surface area contributed by atoms with Crippen molar-refractivity contribution < 1.29 is 15.0 Å². The number of carbonyl (C=O) groups is 1. The lowest BCUT2D eigenvalue weighted by molar-refractivity contribution is -0.136. The van der Waals surface area contributed by atoms with Gasteiger partial charge in [-0.1, -0.05) is 0 Å². The third-order valence-electron chi connectivity index (χ3n) is 1.55. The van der Waals surface area contributed by atoms with Crippen LogP contribution in [0.25, 0.3) is 0 Å². The van der Waals surface area contributed by atoms with E-state index in [9.17, 15) is 4.79 Å². The molecule has 0 radical (unpaired) electrons. The van der Waals surface area contributed by atoms with Crippen LogP contribution in [0.4, 0.5) is 0 Å². The molecule has 0 aromatic rings. The largest absolute Gasteiger partial charge is 0.480 e. The third-order valence-corrected chi connectivity index (χ3v) is 2.96. The molecular weight excluding hydrogens is 166 g/mol. The first kappa shape index (κ1) is 8.83. The second-order valence-corrected chi connectivity index (χ2v) is 3.79. The Balaban J connectivity index is 2.39. The van der Waals surface area contributed by atoms with E-state index >= 15 is 0 Å². The molecule has 1 rings (SSSR count). The molecule has 11 heavy (non-hydrogen) atoms. The number of carboxylic acid groups (broad SMARTS) is 1. The van der Waals surface area contributed by atoms with Gasteiger partial charge in [0.25, 0.3) is 0 Å². The van der Waals surface area contributed by atoms with E-state index in [0.29, 0.717) is 13.0 Å². The normalized spacial score (nSPS) is 31.7. The number of nitrogens with one attached hydrogen (secondary N) is 1. The Bertz CT molecular complexity index is 153. The number of carboxylic acids is 1. The smallest absolute Gasteiger partial charge is 0.316 e. The quantitative estimate of drug-likeness (QED) is 0.529. The topological polar surface area (TPSA) is 69.6 Å². The number of hydrogen-bond acceptors (Lipinski definition) is 4. The van der Waals surface area contributed by atoms with Gasteiger partial charge in [0.1, 0.15) is 5.25 Å². The Kier molecular flexibility index (Phi) is 3.16. The van der Waals surface area contributed by atoms with Gasteiger partial charge in [0.2, 0.25) is 0 Å². The van der Waals surface area contributed by atoms with Crippen LogP contribution < -0.4 is 5.32 Å². The van der Waals surface area contributed by atoms with Crippen LogP contribution in [0.15, 0.2) is 0 Å². The molecule has 0 amide bonds. The maximum atomic E-state index is 10.5. The summed E-state index contributed by atoms with van der Waals surface area (Å²) in [4.78, 5) is 10.5. The predicted molar refractivity (Wildman–Crippen MR) is 42.5 cm³/mol. The summed E-state index contributed by atoms with van der Waals surface area (Å²) >= 11 is 1.28. The maximum Gasteiger partial charge on any atom is 0.316 e. The summed E-state index contributed by atoms with van der Waals surface area (Å²) in [6, 6.07) is 0. The van der Waals surface area contributed by atoms with Gasteiger partial charge in [0, 0.05) is 0 Å². The lowest BCUT2D eigenvalue weighted by Gasteiger charge is -2.25. The van der Waals surface area contributed by atoms with Crippen LogP contribution >= 0.6 is 11.8 Å². The Morgan fingerprint density at radius 2 is 2.45 bits per heavy atom. The van der Waals surface area contributed by atoms with Gasteiger partial charge in [-0.15, -0.1) is 11.8 Å². The lowest BCUT2D eigenvalue weighted by atomic mass is 10.3. The second kappa shape index (κ2) is 3.94. The van der Waals surface area contributed by atoms with E-state index in [-0.39, 0.29) is 17.2 Å². The fourth-order valence-electron chi connectivity index (χ4n) is 0.979. The van der Waals surface area contributed by atoms with E-state index in [1.165, 1.54) is 11.8 Å². The zero-order chi connectivity index (χ0) is 8.27. The summed E-state index contributed by atoms with van der Waals surface area (Å²) in [6.07, 6.45) is 0.635. The predicted octanol–water partition coefficient (Wildman–Crippen LogP) is -0.515. The van der Waals surface area contributed by atoms with Crippen molar-refractivity contribution in [2.24, 2.45) is 0 Å². The van der Waals surface area contributed by atoms with Crippen LogP contribution in [0, 0.1) is 0 Å². The Morgan fingerprint density at radius 1 is 1.73 bits per heavy atom. The van der Waals surface area contributed by atoms with Gasteiger partial charge in [-0.25, -0.2) is 0 Å². The van der Waals surface area contributed by atoms with Crippen molar-refractivity contribution >= 4 is 17.7 Å². The van der Waals surface area contributed by atoms with Gasteiger partial charge < -0.3 is 15.5 Å². The second-order valence-electron chi connectivity index (χ2n) is 2.38. The zero-order valence-corrected chi connectivity index (χ0v) is 6.80. The average molecular weight is 177 g/mol. The van der Waals surface area contributed by atoms with Crippen molar-refractivity contribution in [3.63, 3.8) is 0 Å². The van der Waals surface area contributed by atoms with E-state index in [2.05, 4.69) is 5.32 Å². The molecular formula is C6H11NO3S. The molecule has 4 nitrogen and oxygen atoms in total. The van der Waals surface area contributed by atoms with Gasteiger partial charge in [0.15, 0.2) is 0 Å². The van der Waals surface area contributed by atoms with Crippen molar-refractivity contribution in [1.29, 1.82) is 0 Å². The highest BCUT2D eigenvalue weighted by atomic mass is 32.2. The van der Waals surface area contributed by atoms with Crippen LogP contribution in [0.5, 0.6) is 0 Å². The Hall–Kier alpha value is -0.260. The van der Waals surface area contributed by atoms with Crippen molar-refractivity contribution in [2.45, 2.75) is 17.0 Å². The summed E-state index contributed by atoms with van der Waals surface area (Å²) in [6.45, 7) is 0.670.